The van der Waals surface area contributed by atoms with Gasteiger partial charge in [0, 0.05) is 45.3 Å². The van der Waals surface area contributed by atoms with Crippen LogP contribution in [-0.4, -0.2) is 44.9 Å². The Kier molecular flexibility index (Phi) is 4.17. The minimum absolute atomic E-state index is 0.272. The molecule has 5 heteroatoms. The van der Waals surface area contributed by atoms with E-state index in [1.807, 2.05) is 17.4 Å². The largest absolute Gasteiger partial charge is 0.341 e. The summed E-state index contributed by atoms with van der Waals surface area (Å²) in [7, 11) is 0. The molecule has 2 aromatic carbocycles. The van der Waals surface area contributed by atoms with Crippen molar-refractivity contribution in [3.8, 4) is 0 Å². The highest BCUT2D eigenvalue weighted by Gasteiger charge is 2.30. The van der Waals surface area contributed by atoms with E-state index < -0.39 is 0 Å². The number of nitrogens with zero attached hydrogens (tertiary/aromatic N) is 4. The summed E-state index contributed by atoms with van der Waals surface area (Å²) >= 11 is 0. The van der Waals surface area contributed by atoms with E-state index in [-0.39, 0.29) is 6.04 Å². The van der Waals surface area contributed by atoms with Gasteiger partial charge >= 0.3 is 0 Å². The zero-order valence-electron chi connectivity index (χ0n) is 15.4. The second-order valence-corrected chi connectivity index (χ2v) is 7.70. The van der Waals surface area contributed by atoms with E-state index in [0.717, 1.165) is 39.1 Å². The van der Waals surface area contributed by atoms with E-state index in [1.165, 1.54) is 22.0 Å². The van der Waals surface area contributed by atoms with Crippen LogP contribution in [0.1, 0.15) is 30.1 Å². The van der Waals surface area contributed by atoms with Crippen LogP contribution in [0, 0.1) is 0 Å². The molecule has 1 fully saturated rings. The fourth-order valence-corrected chi connectivity index (χ4v) is 4.55. The molecule has 0 saturated carbocycles. The molecule has 2 aliphatic heterocycles. The van der Waals surface area contributed by atoms with E-state index >= 15 is 0 Å². The number of amides is 1. The van der Waals surface area contributed by atoms with Crippen LogP contribution < -0.4 is 0 Å². The van der Waals surface area contributed by atoms with Gasteiger partial charge in [-0.3, -0.25) is 9.69 Å². The van der Waals surface area contributed by atoms with E-state index in [2.05, 4.69) is 56.9 Å². The summed E-state index contributed by atoms with van der Waals surface area (Å²) < 4.78 is 2.27. The first-order valence-electron chi connectivity index (χ1n) is 9.75. The fourth-order valence-electron chi connectivity index (χ4n) is 4.55. The van der Waals surface area contributed by atoms with Gasteiger partial charge in [0.25, 0.3) is 0 Å². The molecule has 27 heavy (non-hydrogen) atoms. The lowest BCUT2D eigenvalue weighted by Crippen LogP contribution is -2.42. The lowest BCUT2D eigenvalue weighted by molar-refractivity contribution is -0.128. The predicted octanol–water partition coefficient (Wildman–Crippen LogP) is 3.22. The van der Waals surface area contributed by atoms with Crippen molar-refractivity contribution in [1.82, 2.24) is 19.4 Å². The number of aromatic nitrogens is 2. The van der Waals surface area contributed by atoms with Crippen LogP contribution in [0.2, 0.25) is 0 Å². The molecule has 0 bridgehead atoms. The van der Waals surface area contributed by atoms with Crippen LogP contribution in [0.5, 0.6) is 0 Å². The van der Waals surface area contributed by atoms with Crippen LogP contribution in [0.15, 0.2) is 55.0 Å². The number of fused-ring (bicyclic) bond motifs is 2. The maximum atomic E-state index is 12.1. The number of hydrogen-bond acceptors (Lipinski definition) is 3. The summed E-state index contributed by atoms with van der Waals surface area (Å²) in [6.45, 7) is 4.43. The van der Waals surface area contributed by atoms with Crippen LogP contribution in [-0.2, 0) is 17.9 Å². The Morgan fingerprint density at radius 1 is 1.11 bits per heavy atom. The summed E-state index contributed by atoms with van der Waals surface area (Å²) in [4.78, 5) is 21.0. The lowest BCUT2D eigenvalue weighted by Gasteiger charge is -2.36. The topological polar surface area (TPSA) is 41.4 Å². The van der Waals surface area contributed by atoms with Gasteiger partial charge in [-0.1, -0.05) is 42.5 Å². The standard InChI is InChI=1S/C22H24N4O/c27-22-9-4-10-25(22)15-20-14-24(13-19-11-23-16-26(19)20)12-18-7-3-6-17-5-1-2-8-21(17)18/h1-3,5-8,11,16,20H,4,9-10,12-15H2. The number of carbonyl (C=O) groups is 1. The molecule has 2 aliphatic rings. The van der Waals surface area contributed by atoms with Crippen molar-refractivity contribution in [3.63, 3.8) is 0 Å². The third-order valence-electron chi connectivity index (χ3n) is 5.87. The molecular weight excluding hydrogens is 336 g/mol. The molecule has 5 nitrogen and oxygen atoms in total. The van der Waals surface area contributed by atoms with Crippen molar-refractivity contribution in [2.75, 3.05) is 19.6 Å². The molecule has 1 amide bonds. The summed E-state index contributed by atoms with van der Waals surface area (Å²) in [5, 5.41) is 2.61. The zero-order chi connectivity index (χ0) is 18.2. The average molecular weight is 360 g/mol. The molecule has 1 saturated heterocycles. The molecule has 0 radical (unpaired) electrons. The highest BCUT2D eigenvalue weighted by Crippen LogP contribution is 2.27. The van der Waals surface area contributed by atoms with Gasteiger partial charge in [-0.05, 0) is 22.8 Å². The Balaban J connectivity index is 1.40. The molecule has 0 aliphatic carbocycles. The number of benzene rings is 2. The Hall–Kier alpha value is -2.66. The maximum absolute atomic E-state index is 12.1. The third-order valence-corrected chi connectivity index (χ3v) is 5.87. The fraction of sp³-hybridized carbons (Fsp3) is 0.364. The van der Waals surface area contributed by atoms with Gasteiger partial charge in [-0.25, -0.2) is 4.98 Å². The van der Waals surface area contributed by atoms with Crippen LogP contribution in [0.4, 0.5) is 0 Å². The Labute approximate surface area is 159 Å². The Bertz CT molecular complexity index is 974. The lowest BCUT2D eigenvalue weighted by atomic mass is 10.0. The highest BCUT2D eigenvalue weighted by molar-refractivity contribution is 5.85. The summed E-state index contributed by atoms with van der Waals surface area (Å²) in [6.07, 6.45) is 5.58. The van der Waals surface area contributed by atoms with Crippen LogP contribution in [0.25, 0.3) is 10.8 Å². The van der Waals surface area contributed by atoms with Gasteiger partial charge < -0.3 is 9.47 Å². The molecule has 1 aromatic heterocycles. The van der Waals surface area contributed by atoms with Crippen molar-refractivity contribution in [2.24, 2.45) is 0 Å². The molecule has 3 heterocycles. The predicted molar refractivity (Wildman–Crippen MR) is 105 cm³/mol. The molecule has 3 aromatic rings. The molecular formula is C22H24N4O. The first-order valence-corrected chi connectivity index (χ1v) is 9.75. The van der Waals surface area contributed by atoms with E-state index in [9.17, 15) is 4.79 Å². The van der Waals surface area contributed by atoms with Crippen molar-refractivity contribution in [1.29, 1.82) is 0 Å². The first-order chi connectivity index (χ1) is 13.3. The summed E-state index contributed by atoms with van der Waals surface area (Å²) in [5.74, 6) is 0.294. The van der Waals surface area contributed by atoms with Gasteiger partial charge in [0.05, 0.1) is 18.1 Å². The quantitative estimate of drug-likeness (QED) is 0.717. The molecule has 1 unspecified atom stereocenters. The van der Waals surface area contributed by atoms with Gasteiger partial charge in [0.1, 0.15) is 0 Å². The van der Waals surface area contributed by atoms with E-state index in [0.29, 0.717) is 12.3 Å². The minimum atomic E-state index is 0.272. The van der Waals surface area contributed by atoms with Crippen LogP contribution in [0.3, 0.4) is 0 Å². The Morgan fingerprint density at radius 2 is 2.00 bits per heavy atom. The van der Waals surface area contributed by atoms with Gasteiger partial charge in [0.2, 0.25) is 5.91 Å². The molecule has 5 rings (SSSR count). The minimum Gasteiger partial charge on any atom is -0.341 e. The van der Waals surface area contributed by atoms with Crippen molar-refractivity contribution in [2.45, 2.75) is 32.0 Å². The molecule has 1 atom stereocenters. The second kappa shape index (κ2) is 6.82. The molecule has 0 spiro atoms. The highest BCUT2D eigenvalue weighted by atomic mass is 16.2. The number of hydrogen-bond donors (Lipinski definition) is 0. The number of carbonyl (C=O) groups excluding carboxylic acids is 1. The van der Waals surface area contributed by atoms with Crippen molar-refractivity contribution in [3.05, 3.63) is 66.2 Å². The number of likely N-dealkylation sites (tertiary alicyclic amines) is 1. The number of rotatable bonds is 4. The Morgan fingerprint density at radius 3 is 2.89 bits per heavy atom. The van der Waals surface area contributed by atoms with Crippen LogP contribution >= 0.6 is 0 Å². The van der Waals surface area contributed by atoms with E-state index in [4.69, 9.17) is 0 Å². The third kappa shape index (κ3) is 3.12. The molecule has 0 N–H and O–H groups in total. The maximum Gasteiger partial charge on any atom is 0.222 e. The van der Waals surface area contributed by atoms with E-state index in [1.54, 1.807) is 0 Å². The number of imidazole rings is 1. The van der Waals surface area contributed by atoms with Crippen molar-refractivity contribution >= 4 is 16.7 Å². The van der Waals surface area contributed by atoms with Crippen molar-refractivity contribution < 1.29 is 4.79 Å². The summed E-state index contributed by atoms with van der Waals surface area (Å²) in [5.41, 5.74) is 2.59. The molecule has 138 valence electrons. The smallest absolute Gasteiger partial charge is 0.222 e. The first kappa shape index (κ1) is 16.5. The monoisotopic (exact) mass is 360 g/mol. The second-order valence-electron chi connectivity index (χ2n) is 7.70. The normalized spacial score (nSPS) is 20.4. The van der Waals surface area contributed by atoms with Gasteiger partial charge in [-0.2, -0.15) is 0 Å². The average Bonchev–Trinajstić information content (AvgIpc) is 3.31. The van der Waals surface area contributed by atoms with Gasteiger partial charge in [-0.15, -0.1) is 0 Å². The summed E-state index contributed by atoms with van der Waals surface area (Å²) in [6, 6.07) is 15.4. The SMILES string of the molecule is O=C1CCCN1CC1CN(Cc2cccc3ccccc23)Cc2cncn21. The van der Waals surface area contributed by atoms with Gasteiger partial charge in [0.15, 0.2) is 0 Å². The zero-order valence-corrected chi connectivity index (χ0v) is 15.4.